The zero-order valence-corrected chi connectivity index (χ0v) is 19.5. The van der Waals surface area contributed by atoms with E-state index >= 15 is 0 Å². The molecule has 35 heavy (non-hydrogen) atoms. The van der Waals surface area contributed by atoms with Crippen molar-refractivity contribution in [1.29, 1.82) is 0 Å². The van der Waals surface area contributed by atoms with Gasteiger partial charge in [-0.25, -0.2) is 19.0 Å². The smallest absolute Gasteiger partial charge is 0.333 e. The van der Waals surface area contributed by atoms with E-state index in [2.05, 4.69) is 15.1 Å². The Bertz CT molecular complexity index is 1490. The summed E-state index contributed by atoms with van der Waals surface area (Å²) < 4.78 is 48.6. The van der Waals surface area contributed by atoms with Gasteiger partial charge in [-0.2, -0.15) is 13.9 Å². The predicted octanol–water partition coefficient (Wildman–Crippen LogP) is 4.27. The van der Waals surface area contributed by atoms with Crippen LogP contribution in [-0.4, -0.2) is 44.0 Å². The molecule has 0 aliphatic carbocycles. The summed E-state index contributed by atoms with van der Waals surface area (Å²) in [4.78, 5) is 24.2. The molecular formula is C23H20ClF3N6O2. The highest BCUT2D eigenvalue weighted by Gasteiger charge is 2.27. The molecule has 1 aliphatic rings. The summed E-state index contributed by atoms with van der Waals surface area (Å²) in [7, 11) is 1.59. The molecule has 0 saturated carbocycles. The number of hydrogen-bond acceptors (Lipinski definition) is 6. The average Bonchev–Trinajstić information content (AvgIpc) is 3.33. The average molecular weight is 505 g/mol. The normalized spacial score (nSPS) is 16.4. The molecule has 1 unspecified atom stereocenters. The predicted molar refractivity (Wildman–Crippen MR) is 124 cm³/mol. The number of morpholine rings is 1. The minimum atomic E-state index is -2.75. The first-order chi connectivity index (χ1) is 16.7. The van der Waals surface area contributed by atoms with E-state index in [0.717, 1.165) is 6.07 Å². The Morgan fingerprint density at radius 1 is 1.23 bits per heavy atom. The van der Waals surface area contributed by atoms with Crippen LogP contribution in [0, 0.1) is 12.7 Å². The zero-order chi connectivity index (χ0) is 24.9. The second kappa shape index (κ2) is 8.97. The Morgan fingerprint density at radius 2 is 2.03 bits per heavy atom. The third-order valence-electron chi connectivity index (χ3n) is 6.04. The van der Waals surface area contributed by atoms with Crippen LogP contribution in [0.25, 0.3) is 22.2 Å². The standard InChI is InChI=1S/C23H20ClF3N6O2/c1-12-29-17-8-19(32-5-6-35-18(11-32)13-9-28-33(10-13)23(26)27)30-21(20(17)22(34)31(12)2)15-4-3-14(24)7-16(15)25/h3-4,7-10,18,23H,5-6,11H2,1-2H3. The molecule has 0 bridgehead atoms. The van der Waals surface area contributed by atoms with Crippen LogP contribution in [0.1, 0.15) is 24.0 Å². The lowest BCUT2D eigenvalue weighted by molar-refractivity contribution is 0.0379. The SMILES string of the molecule is Cc1nc2cc(N3CCOC(c4cnn(C(F)F)c4)C3)nc(-c3ccc(Cl)cc3F)c2c(=O)n1C. The maximum atomic E-state index is 14.9. The fourth-order valence-electron chi connectivity index (χ4n) is 4.10. The van der Waals surface area contributed by atoms with E-state index in [0.29, 0.717) is 47.1 Å². The summed E-state index contributed by atoms with van der Waals surface area (Å²) in [6.07, 6.45) is 2.07. The molecule has 4 aromatic rings. The molecule has 8 nitrogen and oxygen atoms in total. The van der Waals surface area contributed by atoms with Gasteiger partial charge in [0.15, 0.2) is 0 Å². The highest BCUT2D eigenvalue weighted by Crippen LogP contribution is 2.33. The second-order valence-corrected chi connectivity index (χ2v) is 8.64. The number of aryl methyl sites for hydroxylation is 1. The Morgan fingerprint density at radius 3 is 2.74 bits per heavy atom. The number of pyridine rings is 1. The number of nitrogens with zero attached hydrogens (tertiary/aromatic N) is 6. The Labute approximate surface area is 202 Å². The van der Waals surface area contributed by atoms with Gasteiger partial charge in [-0.15, -0.1) is 0 Å². The summed E-state index contributed by atoms with van der Waals surface area (Å²) >= 11 is 5.93. The number of benzene rings is 1. The van der Waals surface area contributed by atoms with E-state index in [4.69, 9.17) is 16.3 Å². The number of aromatic nitrogens is 5. The lowest BCUT2D eigenvalue weighted by Gasteiger charge is -2.33. The highest BCUT2D eigenvalue weighted by molar-refractivity contribution is 6.30. The second-order valence-electron chi connectivity index (χ2n) is 8.21. The van der Waals surface area contributed by atoms with Crippen molar-refractivity contribution in [3.8, 4) is 11.3 Å². The number of ether oxygens (including phenoxy) is 1. The Balaban J connectivity index is 1.62. The van der Waals surface area contributed by atoms with Crippen molar-refractivity contribution in [3.63, 3.8) is 0 Å². The summed E-state index contributed by atoms with van der Waals surface area (Å²) in [5.41, 5.74) is 0.784. The van der Waals surface area contributed by atoms with E-state index < -0.39 is 18.5 Å². The van der Waals surface area contributed by atoms with Gasteiger partial charge in [-0.05, 0) is 25.1 Å². The summed E-state index contributed by atoms with van der Waals surface area (Å²) in [6.45, 7) is -0.00360. The van der Waals surface area contributed by atoms with Gasteiger partial charge in [-0.3, -0.25) is 9.36 Å². The first-order valence-corrected chi connectivity index (χ1v) is 11.1. The van der Waals surface area contributed by atoms with Crippen molar-refractivity contribution in [1.82, 2.24) is 24.3 Å². The van der Waals surface area contributed by atoms with Gasteiger partial charge in [0.2, 0.25) is 0 Å². The van der Waals surface area contributed by atoms with Crippen LogP contribution >= 0.6 is 11.6 Å². The first-order valence-electron chi connectivity index (χ1n) is 10.8. The number of alkyl halides is 2. The molecule has 1 aliphatic heterocycles. The van der Waals surface area contributed by atoms with E-state index in [1.807, 2.05) is 4.90 Å². The number of rotatable bonds is 4. The molecule has 5 rings (SSSR count). The van der Waals surface area contributed by atoms with E-state index in [1.165, 1.54) is 29.1 Å². The van der Waals surface area contributed by atoms with Gasteiger partial charge in [0.05, 0.1) is 29.4 Å². The topological polar surface area (TPSA) is 78.1 Å². The van der Waals surface area contributed by atoms with Crippen molar-refractivity contribution in [2.45, 2.75) is 19.6 Å². The zero-order valence-electron chi connectivity index (χ0n) is 18.8. The third kappa shape index (κ3) is 4.25. The largest absolute Gasteiger partial charge is 0.370 e. The summed E-state index contributed by atoms with van der Waals surface area (Å²) in [6, 6.07) is 5.83. The number of anilines is 1. The van der Waals surface area contributed by atoms with E-state index in [-0.39, 0.29) is 27.2 Å². The minimum absolute atomic E-state index is 0.118. The molecule has 1 saturated heterocycles. The number of hydrogen-bond donors (Lipinski definition) is 0. The molecule has 0 spiro atoms. The van der Waals surface area contributed by atoms with Crippen molar-refractivity contribution < 1.29 is 17.9 Å². The van der Waals surface area contributed by atoms with Gasteiger partial charge in [0, 0.05) is 48.5 Å². The molecule has 182 valence electrons. The fraction of sp³-hybridized carbons (Fsp3) is 0.304. The maximum absolute atomic E-state index is 14.9. The molecule has 1 atom stereocenters. The highest BCUT2D eigenvalue weighted by atomic mass is 35.5. The van der Waals surface area contributed by atoms with Gasteiger partial charge < -0.3 is 9.64 Å². The molecule has 12 heteroatoms. The molecule has 0 radical (unpaired) electrons. The van der Waals surface area contributed by atoms with Gasteiger partial charge in [-0.1, -0.05) is 11.6 Å². The monoisotopic (exact) mass is 504 g/mol. The van der Waals surface area contributed by atoms with Crippen molar-refractivity contribution in [2.24, 2.45) is 7.05 Å². The van der Waals surface area contributed by atoms with Crippen LogP contribution in [0.3, 0.4) is 0 Å². The van der Waals surface area contributed by atoms with Gasteiger partial charge in [0.25, 0.3) is 5.56 Å². The molecule has 0 amide bonds. The summed E-state index contributed by atoms with van der Waals surface area (Å²) in [5.74, 6) is 0.323. The van der Waals surface area contributed by atoms with Crippen molar-refractivity contribution >= 4 is 28.3 Å². The van der Waals surface area contributed by atoms with Crippen LogP contribution in [0.5, 0.6) is 0 Å². The van der Waals surface area contributed by atoms with Crippen LogP contribution in [0.15, 0.2) is 41.5 Å². The van der Waals surface area contributed by atoms with Crippen molar-refractivity contribution in [2.75, 3.05) is 24.6 Å². The molecular weight excluding hydrogens is 485 g/mol. The van der Waals surface area contributed by atoms with Crippen LogP contribution in [0.4, 0.5) is 19.0 Å². The minimum Gasteiger partial charge on any atom is -0.370 e. The first kappa shape index (κ1) is 23.3. The van der Waals surface area contributed by atoms with Crippen LogP contribution in [0.2, 0.25) is 5.02 Å². The van der Waals surface area contributed by atoms with Crippen molar-refractivity contribution in [3.05, 3.63) is 69.2 Å². The van der Waals surface area contributed by atoms with E-state index in [9.17, 15) is 18.0 Å². The van der Waals surface area contributed by atoms with Gasteiger partial charge in [0.1, 0.15) is 23.6 Å². The Kier molecular flexibility index (Phi) is 5.97. The molecule has 1 aromatic carbocycles. The quantitative estimate of drug-likeness (QED) is 0.413. The molecule has 3 aromatic heterocycles. The lowest BCUT2D eigenvalue weighted by Crippen LogP contribution is -2.39. The molecule has 0 N–H and O–H groups in total. The third-order valence-corrected chi connectivity index (χ3v) is 6.28. The molecule has 1 fully saturated rings. The Hall–Kier alpha value is -3.44. The maximum Gasteiger partial charge on any atom is 0.333 e. The van der Waals surface area contributed by atoms with E-state index in [1.54, 1.807) is 20.0 Å². The summed E-state index contributed by atoms with van der Waals surface area (Å²) in [5, 5.41) is 4.08. The van der Waals surface area contributed by atoms with Crippen LogP contribution in [-0.2, 0) is 11.8 Å². The number of halogens is 4. The number of fused-ring (bicyclic) bond motifs is 1. The van der Waals surface area contributed by atoms with Crippen LogP contribution < -0.4 is 10.5 Å². The molecule has 4 heterocycles. The fourth-order valence-corrected chi connectivity index (χ4v) is 4.26. The van der Waals surface area contributed by atoms with Gasteiger partial charge >= 0.3 is 6.55 Å². The lowest BCUT2D eigenvalue weighted by atomic mass is 10.1.